The van der Waals surface area contributed by atoms with Crippen LogP contribution in [0.5, 0.6) is 17.2 Å². The van der Waals surface area contributed by atoms with E-state index in [2.05, 4.69) is 16.4 Å². The zero-order valence-corrected chi connectivity index (χ0v) is 19.3. The molecular weight excluding hydrogens is 434 g/mol. The highest BCUT2D eigenvalue weighted by atomic mass is 16.6. The molecule has 1 saturated carbocycles. The standard InChI is InChI=1S/C26H29N3O5/c1-32-20-15-22-21(27-16-20)3-5-25(30)29(22)11-8-18-6-9-26(31,10-7-18)17-28-19-2-4-23-24(14-19)34-13-12-33-23/h2-5,8,14-16,28,31H,6-7,9-13,17H2,1H3. The van der Waals surface area contributed by atoms with Crippen molar-refractivity contribution in [3.05, 3.63) is 64.6 Å². The van der Waals surface area contributed by atoms with Crippen LogP contribution in [0.15, 0.2) is 59.0 Å². The van der Waals surface area contributed by atoms with Gasteiger partial charge in [0.15, 0.2) is 11.5 Å². The average Bonchev–Trinajstić information content (AvgIpc) is 2.87. The molecule has 1 aliphatic carbocycles. The van der Waals surface area contributed by atoms with E-state index in [0.717, 1.165) is 41.1 Å². The first-order valence-electron chi connectivity index (χ1n) is 11.6. The van der Waals surface area contributed by atoms with Crippen LogP contribution in [0.4, 0.5) is 5.69 Å². The summed E-state index contributed by atoms with van der Waals surface area (Å²) in [6.07, 6.45) is 6.66. The number of rotatable bonds is 6. The number of nitrogens with one attached hydrogen (secondary N) is 1. The topological polar surface area (TPSA) is 94.8 Å². The summed E-state index contributed by atoms with van der Waals surface area (Å²) in [5.41, 5.74) is 2.80. The minimum atomic E-state index is -0.780. The van der Waals surface area contributed by atoms with Gasteiger partial charge in [0.25, 0.3) is 5.56 Å². The van der Waals surface area contributed by atoms with Crippen LogP contribution in [0.1, 0.15) is 25.7 Å². The zero-order valence-electron chi connectivity index (χ0n) is 19.3. The lowest BCUT2D eigenvalue weighted by Crippen LogP contribution is -2.39. The first-order chi connectivity index (χ1) is 16.5. The Hall–Kier alpha value is -3.52. The van der Waals surface area contributed by atoms with Gasteiger partial charge < -0.3 is 29.2 Å². The summed E-state index contributed by atoms with van der Waals surface area (Å²) in [5, 5.41) is 14.4. The molecule has 0 amide bonds. The molecule has 0 atom stereocenters. The summed E-state index contributed by atoms with van der Waals surface area (Å²) >= 11 is 0. The fraction of sp³-hybridized carbons (Fsp3) is 0.385. The van der Waals surface area contributed by atoms with Crippen LogP contribution in [0.3, 0.4) is 0 Å². The quantitative estimate of drug-likeness (QED) is 0.540. The Morgan fingerprint density at radius 2 is 1.94 bits per heavy atom. The zero-order chi connectivity index (χ0) is 23.5. The van der Waals surface area contributed by atoms with Crippen molar-refractivity contribution >= 4 is 16.7 Å². The molecule has 0 spiro atoms. The van der Waals surface area contributed by atoms with Crippen LogP contribution in [0, 0.1) is 0 Å². The van der Waals surface area contributed by atoms with E-state index < -0.39 is 5.60 Å². The molecule has 8 heteroatoms. The maximum Gasteiger partial charge on any atom is 0.251 e. The number of allylic oxidation sites excluding steroid dienone is 2. The van der Waals surface area contributed by atoms with Crippen LogP contribution < -0.4 is 25.1 Å². The molecule has 0 radical (unpaired) electrons. The van der Waals surface area contributed by atoms with Gasteiger partial charge in [0.05, 0.1) is 29.9 Å². The minimum Gasteiger partial charge on any atom is -0.495 e. The summed E-state index contributed by atoms with van der Waals surface area (Å²) in [6.45, 7) is 2.04. The van der Waals surface area contributed by atoms with Crippen LogP contribution in [-0.2, 0) is 6.54 Å². The summed E-state index contributed by atoms with van der Waals surface area (Å²) < 4.78 is 18.2. The molecule has 2 aromatic heterocycles. The Labute approximate surface area is 197 Å². The largest absolute Gasteiger partial charge is 0.495 e. The SMILES string of the molecule is COc1cnc2ccc(=O)n(CC=C3CCC(O)(CNc4ccc5c(c4)OCCO5)CC3)c2c1. The second-order valence-corrected chi connectivity index (χ2v) is 8.86. The van der Waals surface area contributed by atoms with Crippen molar-refractivity contribution < 1.29 is 19.3 Å². The molecule has 3 aromatic rings. The van der Waals surface area contributed by atoms with Crippen LogP contribution in [0.25, 0.3) is 11.0 Å². The molecule has 2 N–H and O–H groups in total. The number of methoxy groups -OCH3 is 1. The number of pyridine rings is 2. The molecule has 34 heavy (non-hydrogen) atoms. The number of hydrogen-bond acceptors (Lipinski definition) is 7. The van der Waals surface area contributed by atoms with Crippen molar-refractivity contribution in [3.63, 3.8) is 0 Å². The number of fused-ring (bicyclic) bond motifs is 2. The van der Waals surface area contributed by atoms with Gasteiger partial charge in [-0.05, 0) is 43.9 Å². The van der Waals surface area contributed by atoms with Gasteiger partial charge >= 0.3 is 0 Å². The van der Waals surface area contributed by atoms with Crippen molar-refractivity contribution in [2.24, 2.45) is 0 Å². The van der Waals surface area contributed by atoms with Crippen molar-refractivity contribution in [2.75, 3.05) is 32.2 Å². The number of aromatic nitrogens is 2. The molecule has 5 rings (SSSR count). The first-order valence-corrected chi connectivity index (χ1v) is 11.6. The van der Waals surface area contributed by atoms with E-state index in [4.69, 9.17) is 14.2 Å². The maximum atomic E-state index is 12.5. The van der Waals surface area contributed by atoms with Crippen molar-refractivity contribution in [1.29, 1.82) is 0 Å². The van der Waals surface area contributed by atoms with E-state index in [1.807, 2.05) is 24.3 Å². The Morgan fingerprint density at radius 1 is 1.15 bits per heavy atom. The number of aliphatic hydroxyl groups is 1. The minimum absolute atomic E-state index is 0.0738. The second kappa shape index (κ2) is 9.38. The van der Waals surface area contributed by atoms with Gasteiger partial charge in [-0.25, -0.2) is 0 Å². The molecule has 3 heterocycles. The number of nitrogens with zero attached hydrogens (tertiary/aromatic N) is 2. The fourth-order valence-electron chi connectivity index (χ4n) is 4.51. The smallest absolute Gasteiger partial charge is 0.251 e. The lowest BCUT2D eigenvalue weighted by Gasteiger charge is -2.34. The Balaban J connectivity index is 1.22. The highest BCUT2D eigenvalue weighted by Gasteiger charge is 2.30. The molecule has 1 aliphatic heterocycles. The molecular formula is C26H29N3O5. The summed E-state index contributed by atoms with van der Waals surface area (Å²) in [4.78, 5) is 16.9. The van der Waals surface area contributed by atoms with E-state index in [0.29, 0.717) is 44.9 Å². The number of ether oxygens (including phenoxy) is 3. The van der Waals surface area contributed by atoms with Gasteiger partial charge in [0, 0.05) is 37.0 Å². The predicted molar refractivity (Wildman–Crippen MR) is 130 cm³/mol. The average molecular weight is 464 g/mol. The highest BCUT2D eigenvalue weighted by molar-refractivity contribution is 5.75. The second-order valence-electron chi connectivity index (χ2n) is 8.86. The third kappa shape index (κ3) is 4.72. The van der Waals surface area contributed by atoms with E-state index in [1.165, 1.54) is 5.57 Å². The molecule has 2 aliphatic rings. The summed E-state index contributed by atoms with van der Waals surface area (Å²) in [7, 11) is 1.59. The van der Waals surface area contributed by atoms with Crippen LogP contribution >= 0.6 is 0 Å². The van der Waals surface area contributed by atoms with Crippen molar-refractivity contribution in [2.45, 2.75) is 37.8 Å². The van der Waals surface area contributed by atoms with E-state index in [-0.39, 0.29) is 5.56 Å². The van der Waals surface area contributed by atoms with Gasteiger partial charge in [0.1, 0.15) is 19.0 Å². The molecule has 178 valence electrons. The number of hydrogen-bond donors (Lipinski definition) is 2. The van der Waals surface area contributed by atoms with E-state index in [9.17, 15) is 9.90 Å². The molecule has 1 fully saturated rings. The fourth-order valence-corrected chi connectivity index (χ4v) is 4.51. The van der Waals surface area contributed by atoms with Crippen LogP contribution in [0.2, 0.25) is 0 Å². The Kier molecular flexibility index (Phi) is 6.15. The lowest BCUT2D eigenvalue weighted by atomic mass is 9.82. The van der Waals surface area contributed by atoms with Gasteiger partial charge in [-0.2, -0.15) is 0 Å². The maximum absolute atomic E-state index is 12.5. The van der Waals surface area contributed by atoms with Gasteiger partial charge in [-0.3, -0.25) is 9.78 Å². The third-order valence-electron chi connectivity index (χ3n) is 6.60. The predicted octanol–water partition coefficient (Wildman–Crippen LogP) is 3.52. The highest BCUT2D eigenvalue weighted by Crippen LogP contribution is 2.35. The first kappa shape index (κ1) is 22.3. The van der Waals surface area contributed by atoms with Gasteiger partial charge in [-0.15, -0.1) is 0 Å². The number of anilines is 1. The Bertz CT molecular complexity index is 1270. The summed E-state index contributed by atoms with van der Waals surface area (Å²) in [6, 6.07) is 10.9. The van der Waals surface area contributed by atoms with E-state index >= 15 is 0 Å². The molecule has 0 unspecified atom stereocenters. The number of benzene rings is 1. The van der Waals surface area contributed by atoms with Crippen molar-refractivity contribution in [3.8, 4) is 17.2 Å². The summed E-state index contributed by atoms with van der Waals surface area (Å²) in [5.74, 6) is 2.10. The molecule has 1 aromatic carbocycles. The molecule has 8 nitrogen and oxygen atoms in total. The van der Waals surface area contributed by atoms with Gasteiger partial charge in [0.2, 0.25) is 0 Å². The van der Waals surface area contributed by atoms with Gasteiger partial charge in [-0.1, -0.05) is 11.6 Å². The van der Waals surface area contributed by atoms with Crippen LogP contribution in [-0.4, -0.2) is 47.1 Å². The molecule has 0 saturated heterocycles. The normalized spacial score (nSPS) is 19.6. The van der Waals surface area contributed by atoms with Crippen molar-refractivity contribution in [1.82, 2.24) is 9.55 Å². The molecule has 0 bridgehead atoms. The Morgan fingerprint density at radius 3 is 2.74 bits per heavy atom. The lowest BCUT2D eigenvalue weighted by molar-refractivity contribution is 0.0266. The third-order valence-corrected chi connectivity index (χ3v) is 6.60. The van der Waals surface area contributed by atoms with E-state index in [1.54, 1.807) is 30.0 Å². The monoisotopic (exact) mass is 463 g/mol.